The molecule has 2 aromatic heterocycles. The fourth-order valence-electron chi connectivity index (χ4n) is 2.33. The molecule has 0 saturated carbocycles. The van der Waals surface area contributed by atoms with Crippen molar-refractivity contribution in [1.29, 1.82) is 0 Å². The first kappa shape index (κ1) is 13.9. The van der Waals surface area contributed by atoms with Crippen molar-refractivity contribution in [2.75, 3.05) is 0 Å². The van der Waals surface area contributed by atoms with E-state index in [1.54, 1.807) is 11.6 Å². The predicted octanol–water partition coefficient (Wildman–Crippen LogP) is 3.63. The van der Waals surface area contributed by atoms with Gasteiger partial charge in [0.1, 0.15) is 5.52 Å². The largest absolute Gasteiger partial charge is 0.327 e. The lowest BCUT2D eigenvalue weighted by Crippen LogP contribution is -2.05. The van der Waals surface area contributed by atoms with Gasteiger partial charge in [0.05, 0.1) is 11.4 Å². The minimum Gasteiger partial charge on any atom is -0.327 e. The number of hydrogen-bond donors (Lipinski definition) is 1. The van der Waals surface area contributed by atoms with E-state index in [2.05, 4.69) is 10.1 Å². The van der Waals surface area contributed by atoms with Crippen LogP contribution < -0.4 is 0 Å². The highest BCUT2D eigenvalue weighted by Gasteiger charge is 2.18. The highest BCUT2D eigenvalue weighted by atomic mass is 32.1. The molecule has 0 atom stereocenters. The van der Waals surface area contributed by atoms with Gasteiger partial charge in [-0.15, -0.1) is 0 Å². The summed E-state index contributed by atoms with van der Waals surface area (Å²) in [5.41, 5.74) is 2.11. The smallest absolute Gasteiger partial charge is 0.194 e. The van der Waals surface area contributed by atoms with Crippen molar-refractivity contribution >= 4 is 23.4 Å². The van der Waals surface area contributed by atoms with Crippen LogP contribution in [0.2, 0.25) is 0 Å². The molecule has 0 unspecified atom stereocenters. The summed E-state index contributed by atoms with van der Waals surface area (Å²) in [5.74, 6) is -4.03. The lowest BCUT2D eigenvalue weighted by Gasteiger charge is -2.07. The molecule has 0 amide bonds. The van der Waals surface area contributed by atoms with Crippen LogP contribution >= 0.6 is 12.2 Å². The Hall–Kier alpha value is -2.09. The van der Waals surface area contributed by atoms with Gasteiger partial charge in [-0.25, -0.2) is 17.9 Å². The maximum atomic E-state index is 13.5. The van der Waals surface area contributed by atoms with Crippen molar-refractivity contribution in [3.8, 4) is 5.69 Å². The first-order chi connectivity index (χ1) is 9.93. The maximum absolute atomic E-state index is 13.5. The first-order valence-electron chi connectivity index (χ1n) is 6.27. The van der Waals surface area contributed by atoms with Crippen molar-refractivity contribution in [3.63, 3.8) is 0 Å². The number of aryl methyl sites for hydroxylation is 2. The summed E-state index contributed by atoms with van der Waals surface area (Å²) in [7, 11) is 0. The summed E-state index contributed by atoms with van der Waals surface area (Å²) < 4.78 is 43.4. The number of nitrogens with one attached hydrogen (secondary N) is 1. The number of benzene rings is 1. The van der Waals surface area contributed by atoms with Crippen LogP contribution in [-0.2, 0) is 6.54 Å². The average molecular weight is 312 g/mol. The van der Waals surface area contributed by atoms with Gasteiger partial charge in [0, 0.05) is 18.7 Å². The summed E-state index contributed by atoms with van der Waals surface area (Å²) in [6.45, 7) is 4.25. The van der Waals surface area contributed by atoms with Crippen LogP contribution in [0.4, 0.5) is 13.2 Å². The number of aromatic nitrogens is 4. The predicted molar refractivity (Wildman–Crippen MR) is 74.5 cm³/mol. The van der Waals surface area contributed by atoms with Crippen LogP contribution in [0.5, 0.6) is 0 Å². The van der Waals surface area contributed by atoms with Crippen LogP contribution in [0.3, 0.4) is 0 Å². The molecule has 8 heteroatoms. The Morgan fingerprint density at radius 2 is 1.86 bits per heavy atom. The Kier molecular flexibility index (Phi) is 3.12. The number of halogens is 3. The Morgan fingerprint density at radius 1 is 1.24 bits per heavy atom. The van der Waals surface area contributed by atoms with Gasteiger partial charge in [-0.1, -0.05) is 0 Å². The second kappa shape index (κ2) is 4.73. The number of nitrogens with zero attached hydrogens (tertiary/aromatic N) is 3. The van der Waals surface area contributed by atoms with Gasteiger partial charge < -0.3 is 4.98 Å². The van der Waals surface area contributed by atoms with E-state index in [1.807, 2.05) is 6.92 Å². The van der Waals surface area contributed by atoms with Crippen molar-refractivity contribution in [1.82, 2.24) is 19.3 Å². The van der Waals surface area contributed by atoms with Gasteiger partial charge in [-0.05, 0) is 26.1 Å². The molecule has 21 heavy (non-hydrogen) atoms. The summed E-state index contributed by atoms with van der Waals surface area (Å²) in [4.78, 5) is 2.96. The van der Waals surface area contributed by atoms with E-state index in [-0.39, 0.29) is 10.5 Å². The van der Waals surface area contributed by atoms with E-state index in [0.29, 0.717) is 17.7 Å². The Labute approximate surface area is 122 Å². The summed E-state index contributed by atoms with van der Waals surface area (Å²) in [6.07, 6.45) is 0. The molecule has 3 aromatic rings. The Morgan fingerprint density at radius 3 is 2.43 bits per heavy atom. The maximum Gasteiger partial charge on any atom is 0.194 e. The SMILES string of the molecule is CCn1nc(C)c2[nH]c(=S)n(-c3cc(F)c(F)c(F)c3)c21. The molecule has 0 spiro atoms. The number of fused-ring (bicyclic) bond motifs is 1. The van der Waals surface area contributed by atoms with Gasteiger partial charge in [0.2, 0.25) is 0 Å². The van der Waals surface area contributed by atoms with Crippen LogP contribution in [0.1, 0.15) is 12.6 Å². The van der Waals surface area contributed by atoms with E-state index in [1.165, 1.54) is 4.57 Å². The van der Waals surface area contributed by atoms with E-state index in [0.717, 1.165) is 17.8 Å². The number of H-pyrrole nitrogens is 1. The van der Waals surface area contributed by atoms with Crippen molar-refractivity contribution in [2.45, 2.75) is 20.4 Å². The standard InChI is InChI=1S/C13H11F3N4S/c1-3-19-12-11(6(2)18-19)17-13(21)20(12)7-4-8(14)10(16)9(15)5-7/h4-5H,3H2,1-2H3,(H,17,21). The summed E-state index contributed by atoms with van der Waals surface area (Å²) in [5, 5.41) is 4.31. The molecule has 0 aliphatic carbocycles. The van der Waals surface area contributed by atoms with Crippen molar-refractivity contribution < 1.29 is 13.2 Å². The molecule has 1 N–H and O–H groups in total. The first-order valence-corrected chi connectivity index (χ1v) is 6.68. The third-order valence-electron chi connectivity index (χ3n) is 3.27. The zero-order valence-electron chi connectivity index (χ0n) is 11.2. The minimum absolute atomic E-state index is 0.109. The molecule has 0 radical (unpaired) electrons. The molecule has 0 aliphatic rings. The Bertz CT molecular complexity index is 883. The molecule has 3 rings (SSSR count). The van der Waals surface area contributed by atoms with Crippen LogP contribution in [0.25, 0.3) is 16.9 Å². The van der Waals surface area contributed by atoms with Gasteiger partial charge >= 0.3 is 0 Å². The lowest BCUT2D eigenvalue weighted by molar-refractivity contribution is 0.446. The molecule has 0 bridgehead atoms. The van der Waals surface area contributed by atoms with Gasteiger partial charge in [-0.2, -0.15) is 5.10 Å². The fraction of sp³-hybridized carbons (Fsp3) is 0.231. The summed E-state index contributed by atoms with van der Waals surface area (Å²) >= 11 is 5.20. The van der Waals surface area contributed by atoms with E-state index in [4.69, 9.17) is 12.2 Å². The zero-order chi connectivity index (χ0) is 15.3. The lowest BCUT2D eigenvalue weighted by atomic mass is 10.3. The molecule has 110 valence electrons. The van der Waals surface area contributed by atoms with Crippen molar-refractivity contribution in [2.24, 2.45) is 0 Å². The number of aromatic amines is 1. The monoisotopic (exact) mass is 312 g/mol. The van der Waals surface area contributed by atoms with Crippen LogP contribution in [0, 0.1) is 29.1 Å². The molecule has 0 fully saturated rings. The minimum atomic E-state index is -1.50. The fourth-order valence-corrected chi connectivity index (χ4v) is 2.63. The number of imidazole rings is 1. The van der Waals surface area contributed by atoms with Gasteiger partial charge in [0.15, 0.2) is 27.9 Å². The topological polar surface area (TPSA) is 38.5 Å². The molecular formula is C13H11F3N4S. The molecule has 1 aromatic carbocycles. The second-order valence-electron chi connectivity index (χ2n) is 4.59. The quantitative estimate of drug-likeness (QED) is 0.580. The molecule has 0 saturated heterocycles. The number of hydrogen-bond acceptors (Lipinski definition) is 2. The highest BCUT2D eigenvalue weighted by molar-refractivity contribution is 7.71. The summed E-state index contributed by atoms with van der Waals surface area (Å²) in [6, 6.07) is 1.81. The van der Waals surface area contributed by atoms with Crippen molar-refractivity contribution in [3.05, 3.63) is 40.0 Å². The van der Waals surface area contributed by atoms with Crippen LogP contribution in [-0.4, -0.2) is 19.3 Å². The van der Waals surface area contributed by atoms with Gasteiger partial charge in [0.25, 0.3) is 0 Å². The molecular weight excluding hydrogens is 301 g/mol. The van der Waals surface area contributed by atoms with E-state index in [9.17, 15) is 13.2 Å². The molecule has 0 aliphatic heterocycles. The highest BCUT2D eigenvalue weighted by Crippen LogP contribution is 2.24. The molecule has 2 heterocycles. The number of rotatable bonds is 2. The van der Waals surface area contributed by atoms with E-state index >= 15 is 0 Å². The second-order valence-corrected chi connectivity index (χ2v) is 4.98. The third-order valence-corrected chi connectivity index (χ3v) is 3.56. The Balaban J connectivity index is 2.40. The third kappa shape index (κ3) is 1.98. The van der Waals surface area contributed by atoms with Gasteiger partial charge in [-0.3, -0.25) is 4.57 Å². The normalized spacial score (nSPS) is 11.5. The zero-order valence-corrected chi connectivity index (χ0v) is 12.1. The van der Waals surface area contributed by atoms with Crippen LogP contribution in [0.15, 0.2) is 12.1 Å². The van der Waals surface area contributed by atoms with E-state index < -0.39 is 17.5 Å². The molecule has 4 nitrogen and oxygen atoms in total. The average Bonchev–Trinajstić information content (AvgIpc) is 2.92.